The molecular weight excluding hydrogens is 247 g/mol. The van der Waals surface area contributed by atoms with Crippen molar-refractivity contribution in [1.82, 2.24) is 0 Å². The molecule has 0 unspecified atom stereocenters. The van der Waals surface area contributed by atoms with E-state index in [0.29, 0.717) is 0 Å². The van der Waals surface area contributed by atoms with Crippen molar-refractivity contribution in [3.63, 3.8) is 0 Å². The van der Waals surface area contributed by atoms with Gasteiger partial charge in [-0.3, -0.25) is 0 Å². The van der Waals surface area contributed by atoms with Crippen LogP contribution in [0, 0.1) is 0 Å². The van der Waals surface area contributed by atoms with E-state index in [1.54, 1.807) is 11.8 Å². The van der Waals surface area contributed by atoms with Crippen LogP contribution in [0.25, 0.3) is 0 Å². The summed E-state index contributed by atoms with van der Waals surface area (Å²) in [5, 5.41) is 1.50. The maximum absolute atomic E-state index is 5.90. The highest BCUT2D eigenvalue weighted by Crippen LogP contribution is 2.30. The molecule has 0 aromatic heterocycles. The molecule has 0 radical (unpaired) electrons. The van der Waals surface area contributed by atoms with Crippen LogP contribution < -0.4 is 0 Å². The topological polar surface area (TPSA) is 0 Å². The summed E-state index contributed by atoms with van der Waals surface area (Å²) in [5.41, 5.74) is 0. The molecule has 0 amide bonds. The molecule has 0 spiro atoms. The second-order valence-electron chi connectivity index (χ2n) is 3.02. The molecule has 0 aliphatic rings. The van der Waals surface area contributed by atoms with Crippen LogP contribution in [0.15, 0.2) is 58.3 Å². The Morgan fingerprint density at radius 3 is 1.60 bits per heavy atom. The largest absolute Gasteiger partial charge is 0.0900 e. The highest BCUT2D eigenvalue weighted by atomic mass is 35.5. The average molecular weight is 255 g/mol. The first-order valence-corrected chi connectivity index (χ1v) is 6.00. The molecule has 0 aliphatic carbocycles. The summed E-state index contributed by atoms with van der Waals surface area (Å²) >= 11 is 13.5. The van der Waals surface area contributed by atoms with E-state index in [1.165, 1.54) is 0 Å². The molecule has 15 heavy (non-hydrogen) atoms. The monoisotopic (exact) mass is 254 g/mol. The van der Waals surface area contributed by atoms with Crippen molar-refractivity contribution in [3.8, 4) is 0 Å². The summed E-state index contributed by atoms with van der Waals surface area (Å²) in [6, 6.07) is 15.5. The highest BCUT2D eigenvalue weighted by molar-refractivity contribution is 7.99. The summed E-state index contributed by atoms with van der Waals surface area (Å²) in [7, 11) is 0. The van der Waals surface area contributed by atoms with Crippen LogP contribution in [-0.4, -0.2) is 0 Å². The van der Waals surface area contributed by atoms with Crippen LogP contribution in [0.1, 0.15) is 0 Å². The van der Waals surface area contributed by atoms with Gasteiger partial charge in [0.2, 0.25) is 0 Å². The van der Waals surface area contributed by atoms with E-state index < -0.39 is 0 Å². The Bertz CT molecular complexity index is 425. The Hall–Kier alpha value is -0.630. The third-order valence-electron chi connectivity index (χ3n) is 1.83. The molecule has 0 bridgehead atoms. The van der Waals surface area contributed by atoms with Gasteiger partial charge in [0.25, 0.3) is 0 Å². The molecule has 0 N–H and O–H groups in total. The number of hydrogen-bond acceptors (Lipinski definition) is 1. The Morgan fingerprint density at radius 1 is 0.733 bits per heavy atom. The van der Waals surface area contributed by atoms with E-state index in [2.05, 4.69) is 0 Å². The fourth-order valence-corrected chi connectivity index (χ4v) is 2.64. The normalized spacial score (nSPS) is 10.3. The molecule has 3 heteroatoms. The van der Waals surface area contributed by atoms with E-state index in [-0.39, 0.29) is 0 Å². The lowest BCUT2D eigenvalue weighted by atomic mass is 10.4. The maximum Gasteiger partial charge on any atom is 0.0417 e. The van der Waals surface area contributed by atoms with Crippen molar-refractivity contribution in [2.75, 3.05) is 0 Å². The van der Waals surface area contributed by atoms with Crippen LogP contribution in [0.3, 0.4) is 0 Å². The maximum atomic E-state index is 5.90. The van der Waals surface area contributed by atoms with Crippen LogP contribution in [0.5, 0.6) is 0 Å². The summed E-state index contributed by atoms with van der Waals surface area (Å²) in [4.78, 5) is 2.23. The minimum atomic E-state index is 0.752. The quantitative estimate of drug-likeness (QED) is 0.715. The van der Waals surface area contributed by atoms with Gasteiger partial charge in [-0.25, -0.2) is 0 Å². The Labute approximate surface area is 103 Å². The van der Waals surface area contributed by atoms with Crippen molar-refractivity contribution < 1.29 is 0 Å². The van der Waals surface area contributed by atoms with Gasteiger partial charge in [-0.05, 0) is 36.4 Å². The third kappa shape index (κ3) is 3.16. The van der Waals surface area contributed by atoms with Gasteiger partial charge in [-0.1, -0.05) is 47.1 Å². The van der Waals surface area contributed by atoms with Gasteiger partial charge in [0.15, 0.2) is 0 Å². The van der Waals surface area contributed by atoms with E-state index >= 15 is 0 Å². The molecule has 0 aliphatic heterocycles. The molecule has 0 heterocycles. The fraction of sp³-hybridized carbons (Fsp3) is 0. The second-order valence-corrected chi connectivity index (χ2v) is 5.04. The van der Waals surface area contributed by atoms with Crippen molar-refractivity contribution in [2.24, 2.45) is 0 Å². The highest BCUT2D eigenvalue weighted by Gasteiger charge is 1.98. The number of halogens is 2. The second kappa shape index (κ2) is 4.93. The Balaban J connectivity index is 2.22. The molecular formula is C12H8Cl2S. The lowest BCUT2D eigenvalue weighted by Gasteiger charge is -2.02. The van der Waals surface area contributed by atoms with Gasteiger partial charge in [0.1, 0.15) is 0 Å². The Kier molecular flexibility index (Phi) is 3.57. The standard InChI is InChI=1S/C12H8Cl2S/c13-9-3-1-5-11(7-9)15-12-6-2-4-10(14)8-12/h1-8H. The molecule has 2 rings (SSSR count). The molecule has 0 saturated carbocycles. The summed E-state index contributed by atoms with van der Waals surface area (Å²) < 4.78 is 0. The van der Waals surface area contributed by atoms with E-state index in [4.69, 9.17) is 23.2 Å². The summed E-state index contributed by atoms with van der Waals surface area (Å²) in [6.07, 6.45) is 0. The predicted molar refractivity (Wildman–Crippen MR) is 67.0 cm³/mol. The third-order valence-corrected chi connectivity index (χ3v) is 3.28. The number of benzene rings is 2. The zero-order valence-corrected chi connectivity index (χ0v) is 10.1. The van der Waals surface area contributed by atoms with Crippen molar-refractivity contribution in [1.29, 1.82) is 0 Å². The first kappa shape index (κ1) is 10.9. The first-order valence-electron chi connectivity index (χ1n) is 4.43. The van der Waals surface area contributed by atoms with Gasteiger partial charge in [0, 0.05) is 19.8 Å². The van der Waals surface area contributed by atoms with Crippen molar-refractivity contribution in [3.05, 3.63) is 58.6 Å². The van der Waals surface area contributed by atoms with Gasteiger partial charge >= 0.3 is 0 Å². The molecule has 0 atom stereocenters. The van der Waals surface area contributed by atoms with E-state index in [1.807, 2.05) is 48.5 Å². The van der Waals surface area contributed by atoms with Crippen molar-refractivity contribution in [2.45, 2.75) is 9.79 Å². The summed E-state index contributed by atoms with van der Waals surface area (Å²) in [5.74, 6) is 0. The minimum absolute atomic E-state index is 0.752. The molecule has 76 valence electrons. The predicted octanol–water partition coefficient (Wildman–Crippen LogP) is 5.14. The average Bonchev–Trinajstić information content (AvgIpc) is 2.17. The Morgan fingerprint density at radius 2 is 1.20 bits per heavy atom. The van der Waals surface area contributed by atoms with Crippen LogP contribution in [-0.2, 0) is 0 Å². The van der Waals surface area contributed by atoms with Crippen LogP contribution >= 0.6 is 35.0 Å². The van der Waals surface area contributed by atoms with Crippen LogP contribution in [0.2, 0.25) is 10.0 Å². The zero-order valence-electron chi connectivity index (χ0n) is 7.78. The van der Waals surface area contributed by atoms with E-state index in [0.717, 1.165) is 19.8 Å². The molecule has 2 aromatic rings. The zero-order chi connectivity index (χ0) is 10.7. The first-order chi connectivity index (χ1) is 7.24. The van der Waals surface area contributed by atoms with Gasteiger partial charge in [-0.15, -0.1) is 0 Å². The van der Waals surface area contributed by atoms with E-state index in [9.17, 15) is 0 Å². The van der Waals surface area contributed by atoms with Gasteiger partial charge in [0.05, 0.1) is 0 Å². The van der Waals surface area contributed by atoms with Crippen molar-refractivity contribution >= 4 is 35.0 Å². The lowest BCUT2D eigenvalue weighted by Crippen LogP contribution is -1.73. The minimum Gasteiger partial charge on any atom is -0.0900 e. The lowest BCUT2D eigenvalue weighted by molar-refractivity contribution is 1.41. The van der Waals surface area contributed by atoms with Crippen LogP contribution in [0.4, 0.5) is 0 Å². The fourth-order valence-electron chi connectivity index (χ4n) is 1.20. The molecule has 2 aromatic carbocycles. The number of hydrogen-bond donors (Lipinski definition) is 0. The molecule has 0 fully saturated rings. The molecule has 0 saturated heterocycles. The van der Waals surface area contributed by atoms with Gasteiger partial charge < -0.3 is 0 Å². The smallest absolute Gasteiger partial charge is 0.0417 e. The molecule has 0 nitrogen and oxygen atoms in total. The van der Waals surface area contributed by atoms with Gasteiger partial charge in [-0.2, -0.15) is 0 Å². The summed E-state index contributed by atoms with van der Waals surface area (Å²) in [6.45, 7) is 0. The number of rotatable bonds is 2. The SMILES string of the molecule is Clc1cccc(Sc2cccc(Cl)c2)c1.